The van der Waals surface area contributed by atoms with Gasteiger partial charge in [-0.3, -0.25) is 4.79 Å². The lowest BCUT2D eigenvalue weighted by molar-refractivity contribution is 0.0998. The lowest BCUT2D eigenvalue weighted by atomic mass is 10.2. The van der Waals surface area contributed by atoms with Crippen LogP contribution in [0, 0.1) is 0 Å². The standard InChI is InChI=1S/C14H13ClO3S3/c1-9(14(16)12-7-8-13(15)20-12)19-10-3-5-11(6-4-10)21(2,17)18/h3-9H,1-2H3. The summed E-state index contributed by atoms with van der Waals surface area (Å²) in [5, 5.41) is -0.260. The number of halogens is 1. The maximum Gasteiger partial charge on any atom is 0.185 e. The summed E-state index contributed by atoms with van der Waals surface area (Å²) >= 11 is 8.49. The van der Waals surface area contributed by atoms with E-state index in [1.165, 1.54) is 29.4 Å². The molecule has 0 aliphatic rings. The first kappa shape index (κ1) is 16.5. The van der Waals surface area contributed by atoms with E-state index in [0.717, 1.165) is 4.90 Å². The minimum atomic E-state index is -3.19. The highest BCUT2D eigenvalue weighted by atomic mass is 35.5. The van der Waals surface area contributed by atoms with Crippen LogP contribution < -0.4 is 0 Å². The van der Waals surface area contributed by atoms with E-state index in [9.17, 15) is 13.2 Å². The Morgan fingerprint density at radius 2 is 1.81 bits per heavy atom. The Morgan fingerprint density at radius 1 is 1.19 bits per heavy atom. The number of hydrogen-bond acceptors (Lipinski definition) is 5. The first-order chi connectivity index (χ1) is 9.77. The quantitative estimate of drug-likeness (QED) is 0.593. The highest BCUT2D eigenvalue weighted by Gasteiger charge is 2.18. The molecule has 0 radical (unpaired) electrons. The predicted octanol–water partition coefficient (Wildman–Crippen LogP) is 4.17. The summed E-state index contributed by atoms with van der Waals surface area (Å²) in [5.74, 6) is 0.0177. The van der Waals surface area contributed by atoms with Crippen LogP contribution in [0.15, 0.2) is 46.2 Å². The van der Waals surface area contributed by atoms with Crippen molar-refractivity contribution >= 4 is 50.3 Å². The monoisotopic (exact) mass is 360 g/mol. The maximum absolute atomic E-state index is 12.2. The van der Waals surface area contributed by atoms with Crippen molar-refractivity contribution in [3.8, 4) is 0 Å². The zero-order chi connectivity index (χ0) is 15.6. The Hall–Kier alpha value is -0.820. The van der Waals surface area contributed by atoms with Gasteiger partial charge in [-0.2, -0.15) is 0 Å². The number of hydrogen-bond donors (Lipinski definition) is 0. The zero-order valence-electron chi connectivity index (χ0n) is 11.4. The Morgan fingerprint density at radius 3 is 2.29 bits per heavy atom. The molecule has 112 valence electrons. The number of carbonyl (C=O) groups excluding carboxylic acids is 1. The van der Waals surface area contributed by atoms with Crippen molar-refractivity contribution in [3.05, 3.63) is 45.6 Å². The summed E-state index contributed by atoms with van der Waals surface area (Å²) in [6, 6.07) is 9.96. The Balaban J connectivity index is 2.09. The van der Waals surface area contributed by atoms with Crippen molar-refractivity contribution in [2.75, 3.05) is 6.26 Å². The topological polar surface area (TPSA) is 51.2 Å². The van der Waals surface area contributed by atoms with Gasteiger partial charge in [0.05, 0.1) is 19.4 Å². The first-order valence-electron chi connectivity index (χ1n) is 6.03. The third kappa shape index (κ3) is 4.32. The zero-order valence-corrected chi connectivity index (χ0v) is 14.6. The van der Waals surface area contributed by atoms with Gasteiger partial charge in [0.25, 0.3) is 0 Å². The van der Waals surface area contributed by atoms with E-state index >= 15 is 0 Å². The molecule has 2 rings (SSSR count). The van der Waals surface area contributed by atoms with Gasteiger partial charge in [0, 0.05) is 11.2 Å². The number of ketones is 1. The largest absolute Gasteiger partial charge is 0.292 e. The van der Waals surface area contributed by atoms with Crippen LogP contribution in [-0.4, -0.2) is 25.7 Å². The molecule has 0 spiro atoms. The Kier molecular flexibility index (Phi) is 5.14. The lowest BCUT2D eigenvalue weighted by Crippen LogP contribution is -2.11. The molecule has 0 amide bonds. The molecular weight excluding hydrogens is 348 g/mol. The third-order valence-corrected chi connectivity index (χ3v) is 6.24. The molecule has 1 atom stereocenters. The van der Waals surface area contributed by atoms with Crippen LogP contribution in [-0.2, 0) is 9.84 Å². The molecule has 1 heterocycles. The third-order valence-electron chi connectivity index (χ3n) is 2.75. The van der Waals surface area contributed by atoms with Gasteiger partial charge in [0.2, 0.25) is 0 Å². The van der Waals surface area contributed by atoms with Crippen molar-refractivity contribution < 1.29 is 13.2 Å². The molecule has 7 heteroatoms. The van der Waals surface area contributed by atoms with E-state index in [4.69, 9.17) is 11.6 Å². The molecule has 1 unspecified atom stereocenters. The van der Waals surface area contributed by atoms with Crippen molar-refractivity contribution in [2.24, 2.45) is 0 Å². The molecule has 0 saturated heterocycles. The fraction of sp³-hybridized carbons (Fsp3) is 0.214. The molecule has 3 nitrogen and oxygen atoms in total. The second-order valence-corrected chi connectivity index (χ2v) is 9.62. The first-order valence-corrected chi connectivity index (χ1v) is 10.0. The maximum atomic E-state index is 12.2. The van der Waals surface area contributed by atoms with Gasteiger partial charge in [-0.15, -0.1) is 23.1 Å². The predicted molar refractivity (Wildman–Crippen MR) is 88.5 cm³/mol. The minimum Gasteiger partial charge on any atom is -0.292 e. The summed E-state index contributed by atoms with van der Waals surface area (Å²) in [6.07, 6.45) is 1.17. The number of thioether (sulfide) groups is 1. The molecule has 0 bridgehead atoms. The van der Waals surface area contributed by atoms with E-state index in [2.05, 4.69) is 0 Å². The summed E-state index contributed by atoms with van der Waals surface area (Å²) in [6.45, 7) is 1.82. The summed E-state index contributed by atoms with van der Waals surface area (Å²) in [7, 11) is -3.19. The fourth-order valence-electron chi connectivity index (χ4n) is 1.67. The molecular formula is C14H13ClO3S3. The van der Waals surface area contributed by atoms with Crippen molar-refractivity contribution in [1.29, 1.82) is 0 Å². The molecule has 0 fully saturated rings. The fourth-order valence-corrected chi connectivity index (χ4v) is 4.38. The lowest BCUT2D eigenvalue weighted by Gasteiger charge is -2.09. The van der Waals surface area contributed by atoms with Crippen LogP contribution in [0.1, 0.15) is 16.6 Å². The van der Waals surface area contributed by atoms with Crippen LogP contribution >= 0.6 is 34.7 Å². The van der Waals surface area contributed by atoms with Gasteiger partial charge >= 0.3 is 0 Å². The molecule has 1 aromatic heterocycles. The Labute approximate surface area is 137 Å². The highest BCUT2D eigenvalue weighted by molar-refractivity contribution is 8.00. The smallest absolute Gasteiger partial charge is 0.185 e. The van der Waals surface area contributed by atoms with Crippen molar-refractivity contribution in [2.45, 2.75) is 22.0 Å². The summed E-state index contributed by atoms with van der Waals surface area (Å²) in [5.41, 5.74) is 0. The van der Waals surface area contributed by atoms with Gasteiger partial charge < -0.3 is 0 Å². The molecule has 2 aromatic rings. The summed E-state index contributed by atoms with van der Waals surface area (Å²) < 4.78 is 23.4. The number of rotatable bonds is 5. The minimum absolute atomic E-state index is 0.0177. The number of carbonyl (C=O) groups is 1. The van der Waals surface area contributed by atoms with Crippen molar-refractivity contribution in [1.82, 2.24) is 0 Å². The number of Topliss-reactive ketones (excluding diaryl/α,β-unsaturated/α-hetero) is 1. The van der Waals surface area contributed by atoms with E-state index in [1.54, 1.807) is 36.4 Å². The van der Waals surface area contributed by atoms with Gasteiger partial charge in [-0.1, -0.05) is 11.6 Å². The number of thiophene rings is 1. The van der Waals surface area contributed by atoms with E-state index < -0.39 is 9.84 Å². The molecule has 0 N–H and O–H groups in total. The number of sulfone groups is 1. The average molecular weight is 361 g/mol. The van der Waals surface area contributed by atoms with E-state index in [0.29, 0.717) is 9.21 Å². The van der Waals surface area contributed by atoms with Gasteiger partial charge in [0.1, 0.15) is 0 Å². The van der Waals surface area contributed by atoms with Gasteiger partial charge in [-0.25, -0.2) is 8.42 Å². The van der Waals surface area contributed by atoms with Crippen LogP contribution in [0.5, 0.6) is 0 Å². The molecule has 0 aliphatic carbocycles. The molecule has 0 saturated carbocycles. The van der Waals surface area contributed by atoms with Crippen LogP contribution in [0.25, 0.3) is 0 Å². The molecule has 0 aliphatic heterocycles. The van der Waals surface area contributed by atoms with Crippen molar-refractivity contribution in [3.63, 3.8) is 0 Å². The number of benzene rings is 1. The van der Waals surface area contributed by atoms with E-state index in [-0.39, 0.29) is 15.9 Å². The van der Waals surface area contributed by atoms with Crippen LogP contribution in [0.3, 0.4) is 0 Å². The average Bonchev–Trinajstić information content (AvgIpc) is 2.84. The van der Waals surface area contributed by atoms with Crippen LogP contribution in [0.2, 0.25) is 4.34 Å². The second-order valence-electron chi connectivity index (χ2n) is 4.47. The molecule has 1 aromatic carbocycles. The van der Waals surface area contributed by atoms with E-state index in [1.807, 2.05) is 6.92 Å². The highest BCUT2D eigenvalue weighted by Crippen LogP contribution is 2.29. The van der Waals surface area contributed by atoms with Gasteiger partial charge in [0.15, 0.2) is 15.6 Å². The summed E-state index contributed by atoms with van der Waals surface area (Å²) in [4.78, 5) is 14.0. The SMILES string of the molecule is CC(Sc1ccc(S(C)(=O)=O)cc1)C(=O)c1ccc(Cl)s1. The van der Waals surface area contributed by atoms with Crippen LogP contribution in [0.4, 0.5) is 0 Å². The van der Waals surface area contributed by atoms with Gasteiger partial charge in [-0.05, 0) is 43.3 Å². The normalized spacial score (nSPS) is 13.1. The molecule has 21 heavy (non-hydrogen) atoms. The second kappa shape index (κ2) is 6.52. The Bertz CT molecular complexity index is 748.